The first-order valence-corrected chi connectivity index (χ1v) is 12.7. The molecule has 1 aliphatic heterocycles. The topological polar surface area (TPSA) is 46.6 Å². The molecule has 2 aromatic heterocycles. The van der Waals surface area contributed by atoms with E-state index in [1.165, 1.54) is 5.56 Å². The predicted molar refractivity (Wildman–Crippen MR) is 142 cm³/mol. The average molecular weight is 514 g/mol. The van der Waals surface area contributed by atoms with Crippen LogP contribution >= 0.6 is 34.5 Å². The lowest BCUT2D eigenvalue weighted by Crippen LogP contribution is -2.35. The van der Waals surface area contributed by atoms with Crippen LogP contribution in [-0.4, -0.2) is 43.3 Å². The minimum Gasteiger partial charge on any atom is -0.495 e. The lowest BCUT2D eigenvalue weighted by Gasteiger charge is -2.26. The van der Waals surface area contributed by atoms with Gasteiger partial charge in [-0.05, 0) is 29.7 Å². The highest BCUT2D eigenvalue weighted by molar-refractivity contribution is 7.18. The van der Waals surface area contributed by atoms with E-state index in [2.05, 4.69) is 39.9 Å². The Kier molecular flexibility index (Phi) is 6.95. The van der Waals surface area contributed by atoms with E-state index >= 15 is 0 Å². The third-order valence-electron chi connectivity index (χ3n) is 6.05. The molecule has 3 heterocycles. The number of thiophene rings is 1. The van der Waals surface area contributed by atoms with Gasteiger partial charge in [0.2, 0.25) is 0 Å². The second kappa shape index (κ2) is 10.1. The third-order valence-corrected chi connectivity index (χ3v) is 7.64. The average Bonchev–Trinajstić information content (AvgIpc) is 3.28. The predicted octanol–water partition coefficient (Wildman–Crippen LogP) is 7.16. The molecule has 176 valence electrons. The maximum Gasteiger partial charge on any atom is 0.139 e. The quantitative estimate of drug-likeness (QED) is 0.296. The minimum absolute atomic E-state index is 0.477. The number of aromatic nitrogens is 1. The summed E-state index contributed by atoms with van der Waals surface area (Å²) >= 11 is 14.4. The Balaban J connectivity index is 1.44. The highest BCUT2D eigenvalue weighted by atomic mass is 35.5. The first-order chi connectivity index (χ1) is 16.5. The van der Waals surface area contributed by atoms with E-state index in [1.807, 2.05) is 19.2 Å². The van der Waals surface area contributed by atoms with Crippen molar-refractivity contribution in [1.29, 1.82) is 0 Å². The van der Waals surface area contributed by atoms with Crippen LogP contribution in [0.4, 0.5) is 11.4 Å². The number of pyridine rings is 1. The molecule has 1 fully saturated rings. The maximum absolute atomic E-state index is 6.47. The number of ether oxygens (including phenoxy) is 2. The van der Waals surface area contributed by atoms with E-state index in [9.17, 15) is 0 Å². The Bertz CT molecular complexity index is 1320. The van der Waals surface area contributed by atoms with Crippen LogP contribution in [0.3, 0.4) is 0 Å². The lowest BCUT2D eigenvalue weighted by atomic mass is 10.0. The SMILES string of the molecule is COc1cc(Nc2c(C)cnc3c(-c4ccc(CN5CCOCC5)cc4)csc23)c(Cl)cc1Cl. The molecule has 2 aromatic carbocycles. The number of hydrogen-bond donors (Lipinski definition) is 1. The molecule has 0 bridgehead atoms. The van der Waals surface area contributed by atoms with Crippen LogP contribution in [-0.2, 0) is 11.3 Å². The third kappa shape index (κ3) is 4.74. The van der Waals surface area contributed by atoms with Crippen molar-refractivity contribution in [3.05, 3.63) is 69.1 Å². The van der Waals surface area contributed by atoms with Gasteiger partial charge in [-0.15, -0.1) is 11.3 Å². The Morgan fingerprint density at radius 2 is 1.88 bits per heavy atom. The summed E-state index contributed by atoms with van der Waals surface area (Å²) in [6.07, 6.45) is 1.90. The molecule has 0 radical (unpaired) electrons. The zero-order valence-electron chi connectivity index (χ0n) is 19.0. The molecule has 0 saturated carbocycles. The Morgan fingerprint density at radius 1 is 1.12 bits per heavy atom. The second-order valence-corrected chi connectivity index (χ2v) is 10.0. The lowest BCUT2D eigenvalue weighted by molar-refractivity contribution is 0.0342. The number of nitrogens with zero attached hydrogens (tertiary/aromatic N) is 2. The number of hydrogen-bond acceptors (Lipinski definition) is 6. The van der Waals surface area contributed by atoms with Gasteiger partial charge in [0.25, 0.3) is 0 Å². The summed E-state index contributed by atoms with van der Waals surface area (Å²) in [6.45, 7) is 6.59. The normalized spacial score (nSPS) is 14.5. The van der Waals surface area contributed by atoms with Crippen molar-refractivity contribution >= 4 is 56.1 Å². The number of methoxy groups -OCH3 is 1. The van der Waals surface area contributed by atoms with Crippen molar-refractivity contribution in [3.8, 4) is 16.9 Å². The summed E-state index contributed by atoms with van der Waals surface area (Å²) in [5.74, 6) is 0.570. The van der Waals surface area contributed by atoms with Crippen LogP contribution < -0.4 is 10.1 Å². The van der Waals surface area contributed by atoms with E-state index in [0.29, 0.717) is 15.8 Å². The van der Waals surface area contributed by atoms with Crippen LogP contribution in [0.5, 0.6) is 5.75 Å². The molecule has 4 aromatic rings. The number of anilines is 2. The molecule has 0 atom stereocenters. The van der Waals surface area contributed by atoms with Gasteiger partial charge in [0, 0.05) is 42.8 Å². The summed E-state index contributed by atoms with van der Waals surface area (Å²) in [6, 6.07) is 12.3. The number of aryl methyl sites for hydroxylation is 1. The zero-order valence-corrected chi connectivity index (χ0v) is 21.4. The smallest absolute Gasteiger partial charge is 0.139 e. The van der Waals surface area contributed by atoms with Gasteiger partial charge in [-0.3, -0.25) is 9.88 Å². The molecule has 1 aliphatic rings. The Labute approximate surface area is 213 Å². The minimum atomic E-state index is 0.477. The fraction of sp³-hybridized carbons (Fsp3) is 0.269. The molecule has 5 rings (SSSR count). The molecule has 0 unspecified atom stereocenters. The summed E-state index contributed by atoms with van der Waals surface area (Å²) in [4.78, 5) is 7.20. The molecule has 0 amide bonds. The summed E-state index contributed by atoms with van der Waals surface area (Å²) in [7, 11) is 1.59. The van der Waals surface area contributed by atoms with Crippen LogP contribution in [0.2, 0.25) is 10.0 Å². The molecule has 1 N–H and O–H groups in total. The van der Waals surface area contributed by atoms with Gasteiger partial charge >= 0.3 is 0 Å². The van der Waals surface area contributed by atoms with Gasteiger partial charge < -0.3 is 14.8 Å². The van der Waals surface area contributed by atoms with Crippen molar-refractivity contribution in [2.24, 2.45) is 0 Å². The molecular formula is C26H25Cl2N3O2S. The monoisotopic (exact) mass is 513 g/mol. The summed E-state index contributed by atoms with van der Waals surface area (Å²) in [5.41, 5.74) is 7.31. The van der Waals surface area contributed by atoms with Gasteiger partial charge in [0.1, 0.15) is 5.75 Å². The van der Waals surface area contributed by atoms with Crippen LogP contribution in [0.25, 0.3) is 21.3 Å². The molecule has 1 saturated heterocycles. The number of fused-ring (bicyclic) bond motifs is 1. The van der Waals surface area contributed by atoms with Gasteiger partial charge in [0.15, 0.2) is 0 Å². The van der Waals surface area contributed by atoms with Crippen molar-refractivity contribution in [3.63, 3.8) is 0 Å². The van der Waals surface area contributed by atoms with Gasteiger partial charge in [-0.25, -0.2) is 0 Å². The number of halogens is 2. The Morgan fingerprint density at radius 3 is 2.62 bits per heavy atom. The summed E-state index contributed by atoms with van der Waals surface area (Å²) < 4.78 is 11.9. The highest BCUT2D eigenvalue weighted by Gasteiger charge is 2.16. The number of rotatable bonds is 6. The second-order valence-electron chi connectivity index (χ2n) is 8.32. The maximum atomic E-state index is 6.47. The molecule has 8 heteroatoms. The molecule has 0 aliphatic carbocycles. The number of benzene rings is 2. The van der Waals surface area contributed by atoms with E-state index in [0.717, 1.165) is 71.1 Å². The number of nitrogens with one attached hydrogen (secondary N) is 1. The molecule has 34 heavy (non-hydrogen) atoms. The van der Waals surface area contributed by atoms with Crippen molar-refractivity contribution in [2.75, 3.05) is 38.7 Å². The van der Waals surface area contributed by atoms with E-state index in [1.54, 1.807) is 24.5 Å². The van der Waals surface area contributed by atoms with Crippen LogP contribution in [0.15, 0.2) is 48.0 Å². The van der Waals surface area contributed by atoms with E-state index < -0.39 is 0 Å². The van der Waals surface area contributed by atoms with Crippen molar-refractivity contribution < 1.29 is 9.47 Å². The largest absolute Gasteiger partial charge is 0.495 e. The first-order valence-electron chi connectivity index (χ1n) is 11.1. The van der Waals surface area contributed by atoms with Crippen molar-refractivity contribution in [1.82, 2.24) is 9.88 Å². The number of morpholine rings is 1. The fourth-order valence-electron chi connectivity index (χ4n) is 4.15. The first kappa shape index (κ1) is 23.4. The van der Waals surface area contributed by atoms with E-state index in [4.69, 9.17) is 37.7 Å². The van der Waals surface area contributed by atoms with Gasteiger partial charge in [0.05, 0.1) is 52.0 Å². The van der Waals surface area contributed by atoms with Gasteiger partial charge in [-0.2, -0.15) is 0 Å². The highest BCUT2D eigenvalue weighted by Crippen LogP contribution is 2.41. The van der Waals surface area contributed by atoms with Gasteiger partial charge in [-0.1, -0.05) is 47.5 Å². The molecule has 0 spiro atoms. The molecule has 5 nitrogen and oxygen atoms in total. The zero-order chi connectivity index (χ0) is 23.7. The Hall–Kier alpha value is -2.35. The van der Waals surface area contributed by atoms with Crippen LogP contribution in [0, 0.1) is 6.92 Å². The standard InChI is InChI=1S/C26H25Cl2N3O2S/c1-16-13-29-25-19(18-5-3-17(4-6-18)14-31-7-9-33-10-8-31)15-34-26(25)24(16)30-22-12-23(32-2)21(28)11-20(22)27/h3-6,11-13,15H,7-10,14H2,1-2H3,(H,29,30). The van der Waals surface area contributed by atoms with E-state index in [-0.39, 0.29) is 0 Å². The molecular weight excluding hydrogens is 489 g/mol. The fourth-order valence-corrected chi connectivity index (χ4v) is 5.74. The van der Waals surface area contributed by atoms with Crippen molar-refractivity contribution in [2.45, 2.75) is 13.5 Å². The summed E-state index contributed by atoms with van der Waals surface area (Å²) in [5, 5.41) is 6.67. The van der Waals surface area contributed by atoms with Crippen LogP contribution in [0.1, 0.15) is 11.1 Å².